The number of hydrogen-bond acceptors (Lipinski definition) is 3. The average Bonchev–Trinajstić information content (AvgIpc) is 3.87. The van der Waals surface area contributed by atoms with Gasteiger partial charge >= 0.3 is 0 Å². The number of hydrogen-bond donors (Lipinski definition) is 0. The summed E-state index contributed by atoms with van der Waals surface area (Å²) in [5, 5.41) is 5.19. The zero-order valence-electron chi connectivity index (χ0n) is 31.0. The highest BCUT2D eigenvalue weighted by Gasteiger charge is 2.21. The lowest BCUT2D eigenvalue weighted by molar-refractivity contribution is 1.30. The van der Waals surface area contributed by atoms with Gasteiger partial charge in [0.2, 0.25) is 0 Å². The third-order valence-electron chi connectivity index (χ3n) is 11.1. The van der Waals surface area contributed by atoms with Crippen molar-refractivity contribution in [2.75, 3.05) is 4.90 Å². The summed E-state index contributed by atoms with van der Waals surface area (Å²) >= 11 is 3.74. The first kappa shape index (κ1) is 33.5. The second kappa shape index (κ2) is 14.1. The first-order valence-electron chi connectivity index (χ1n) is 19.3. The van der Waals surface area contributed by atoms with Gasteiger partial charge in [-0.2, -0.15) is 0 Å². The van der Waals surface area contributed by atoms with E-state index in [-0.39, 0.29) is 0 Å². The van der Waals surface area contributed by atoms with Crippen LogP contribution in [0.3, 0.4) is 0 Å². The van der Waals surface area contributed by atoms with E-state index in [9.17, 15) is 0 Å². The van der Waals surface area contributed by atoms with Crippen LogP contribution in [0.2, 0.25) is 0 Å². The molecule has 0 bridgehead atoms. The zero-order valence-corrected chi connectivity index (χ0v) is 32.6. The summed E-state index contributed by atoms with van der Waals surface area (Å²) in [6.07, 6.45) is 0. The van der Waals surface area contributed by atoms with E-state index >= 15 is 0 Å². The summed E-state index contributed by atoms with van der Waals surface area (Å²) < 4.78 is 5.18. The van der Waals surface area contributed by atoms with Crippen LogP contribution in [0.1, 0.15) is 0 Å². The van der Waals surface area contributed by atoms with Crippen molar-refractivity contribution >= 4 is 80.1 Å². The maximum Gasteiger partial charge on any atom is 0.0640 e. The van der Waals surface area contributed by atoms with Crippen molar-refractivity contribution in [2.45, 2.75) is 0 Å². The molecule has 0 aliphatic heterocycles. The predicted molar refractivity (Wildman–Crippen MR) is 249 cm³/mol. The van der Waals surface area contributed by atoms with Gasteiger partial charge < -0.3 is 4.90 Å². The molecular formula is C54H35NS2. The van der Waals surface area contributed by atoms with Gasteiger partial charge in [-0.15, -0.1) is 22.7 Å². The Labute approximate surface area is 340 Å². The van der Waals surface area contributed by atoms with Crippen LogP contribution in [0.5, 0.6) is 0 Å². The van der Waals surface area contributed by atoms with Gasteiger partial charge in [0.15, 0.2) is 0 Å². The summed E-state index contributed by atoms with van der Waals surface area (Å²) in [6.45, 7) is 0. The van der Waals surface area contributed by atoms with Crippen LogP contribution < -0.4 is 4.90 Å². The molecular weight excluding hydrogens is 727 g/mol. The molecule has 0 N–H and O–H groups in total. The van der Waals surface area contributed by atoms with Crippen molar-refractivity contribution in [1.82, 2.24) is 0 Å². The lowest BCUT2D eigenvalue weighted by Gasteiger charge is -2.28. The fourth-order valence-electron chi connectivity index (χ4n) is 8.44. The summed E-state index contributed by atoms with van der Waals surface area (Å²) in [4.78, 5) is 2.48. The third-order valence-corrected chi connectivity index (χ3v) is 13.4. The molecule has 11 rings (SSSR count). The van der Waals surface area contributed by atoms with Crippen LogP contribution in [-0.2, 0) is 0 Å². The standard InChI is InChI=1S/C54H35NS2/c1-3-15-36(16-4-1)39-33-40(45-23-14-28-52-53(45)48-22-10-12-27-51(48)56-52)35-42(34-39)55(49-25-13-24-47-46-21-9-11-26-50(46)57-54(47)49)41-31-29-38(30-32-41)44-20-8-7-19-43(44)37-17-5-2-6-18-37/h1-35H. The number of nitrogens with zero attached hydrogens (tertiary/aromatic N) is 1. The van der Waals surface area contributed by atoms with Crippen molar-refractivity contribution in [3.63, 3.8) is 0 Å². The van der Waals surface area contributed by atoms with E-state index in [1.165, 1.54) is 90.5 Å². The van der Waals surface area contributed by atoms with Gasteiger partial charge in [-0.25, -0.2) is 0 Å². The molecule has 0 unspecified atom stereocenters. The van der Waals surface area contributed by atoms with Crippen molar-refractivity contribution in [2.24, 2.45) is 0 Å². The molecule has 2 aromatic heterocycles. The Bertz CT molecular complexity index is 3230. The molecule has 0 fully saturated rings. The monoisotopic (exact) mass is 761 g/mol. The highest BCUT2D eigenvalue weighted by molar-refractivity contribution is 7.26. The van der Waals surface area contributed by atoms with Crippen LogP contribution in [0.25, 0.3) is 84.9 Å². The number of benzene rings is 9. The smallest absolute Gasteiger partial charge is 0.0640 e. The Balaban J connectivity index is 1.16. The Kier molecular flexibility index (Phi) is 8.28. The van der Waals surface area contributed by atoms with Crippen molar-refractivity contribution in [3.05, 3.63) is 212 Å². The summed E-state index contributed by atoms with van der Waals surface area (Å²) in [6, 6.07) is 77.7. The molecule has 0 radical (unpaired) electrons. The number of thiophene rings is 2. The molecule has 0 spiro atoms. The maximum absolute atomic E-state index is 2.48. The van der Waals surface area contributed by atoms with Gasteiger partial charge in [0.1, 0.15) is 0 Å². The topological polar surface area (TPSA) is 3.24 Å². The molecule has 0 aliphatic rings. The molecule has 268 valence electrons. The van der Waals surface area contributed by atoms with Crippen molar-refractivity contribution in [3.8, 4) is 44.5 Å². The van der Waals surface area contributed by atoms with Gasteiger partial charge in [-0.3, -0.25) is 0 Å². The van der Waals surface area contributed by atoms with E-state index in [0.29, 0.717) is 0 Å². The number of anilines is 3. The zero-order chi connectivity index (χ0) is 37.7. The first-order chi connectivity index (χ1) is 28.3. The molecule has 0 amide bonds. The van der Waals surface area contributed by atoms with E-state index in [0.717, 1.165) is 11.4 Å². The molecule has 0 atom stereocenters. The largest absolute Gasteiger partial charge is 0.309 e. The lowest BCUT2D eigenvalue weighted by Crippen LogP contribution is -2.10. The van der Waals surface area contributed by atoms with Gasteiger partial charge in [0.05, 0.1) is 10.4 Å². The quantitative estimate of drug-likeness (QED) is 0.156. The Hall–Kier alpha value is -6.78. The molecule has 57 heavy (non-hydrogen) atoms. The van der Waals surface area contributed by atoms with Gasteiger partial charge in [0, 0.05) is 47.0 Å². The fourth-order valence-corrected chi connectivity index (χ4v) is 10.8. The van der Waals surface area contributed by atoms with Crippen LogP contribution in [0.4, 0.5) is 17.1 Å². The minimum Gasteiger partial charge on any atom is -0.309 e. The van der Waals surface area contributed by atoms with E-state index in [1.807, 2.05) is 22.7 Å². The fraction of sp³-hybridized carbons (Fsp3) is 0. The Morgan fingerprint density at radius 3 is 1.60 bits per heavy atom. The molecule has 1 nitrogen and oxygen atoms in total. The molecule has 0 aliphatic carbocycles. The second-order valence-electron chi connectivity index (χ2n) is 14.5. The van der Waals surface area contributed by atoms with Crippen molar-refractivity contribution in [1.29, 1.82) is 0 Å². The number of rotatable bonds is 7. The third kappa shape index (κ3) is 5.91. The first-order valence-corrected chi connectivity index (χ1v) is 21.0. The molecule has 0 saturated heterocycles. The van der Waals surface area contributed by atoms with Gasteiger partial charge in [0.25, 0.3) is 0 Å². The Morgan fingerprint density at radius 2 is 0.842 bits per heavy atom. The lowest BCUT2D eigenvalue weighted by atomic mass is 9.94. The van der Waals surface area contributed by atoms with Crippen LogP contribution >= 0.6 is 22.7 Å². The average molecular weight is 762 g/mol. The maximum atomic E-state index is 2.48. The van der Waals surface area contributed by atoms with Crippen molar-refractivity contribution < 1.29 is 0 Å². The highest BCUT2D eigenvalue weighted by atomic mass is 32.1. The minimum atomic E-state index is 1.11. The Morgan fingerprint density at radius 1 is 0.298 bits per heavy atom. The van der Waals surface area contributed by atoms with E-state index in [1.54, 1.807) is 0 Å². The van der Waals surface area contributed by atoms with Crippen LogP contribution in [-0.4, -0.2) is 0 Å². The molecule has 3 heteroatoms. The molecule has 9 aromatic carbocycles. The molecule has 0 saturated carbocycles. The minimum absolute atomic E-state index is 1.11. The summed E-state index contributed by atoms with van der Waals surface area (Å²) in [7, 11) is 0. The molecule has 11 aromatic rings. The van der Waals surface area contributed by atoms with Gasteiger partial charge in [-0.05, 0) is 99.1 Å². The molecule has 2 heterocycles. The summed E-state index contributed by atoms with van der Waals surface area (Å²) in [5.41, 5.74) is 13.1. The van der Waals surface area contributed by atoms with Crippen LogP contribution in [0, 0.1) is 0 Å². The SMILES string of the molecule is c1ccc(-c2cc(-c3cccc4sc5ccccc5c34)cc(N(c3ccc(-c4ccccc4-c4ccccc4)cc3)c3cccc4c3sc3ccccc34)c2)cc1. The van der Waals surface area contributed by atoms with E-state index < -0.39 is 0 Å². The van der Waals surface area contributed by atoms with Gasteiger partial charge in [-0.1, -0.05) is 158 Å². The predicted octanol–water partition coefficient (Wildman–Crippen LogP) is 16.6. The number of fused-ring (bicyclic) bond motifs is 6. The van der Waals surface area contributed by atoms with E-state index in [2.05, 4.69) is 217 Å². The van der Waals surface area contributed by atoms with Crippen LogP contribution in [0.15, 0.2) is 212 Å². The highest BCUT2D eigenvalue weighted by Crippen LogP contribution is 2.48. The normalized spacial score (nSPS) is 11.5. The second-order valence-corrected chi connectivity index (χ2v) is 16.6. The summed E-state index contributed by atoms with van der Waals surface area (Å²) in [5.74, 6) is 0. The van der Waals surface area contributed by atoms with E-state index in [4.69, 9.17) is 0 Å².